The van der Waals surface area contributed by atoms with Crippen LogP contribution in [0.5, 0.6) is 0 Å². The second-order valence-corrected chi connectivity index (χ2v) is 1.95. The van der Waals surface area contributed by atoms with Crippen molar-refractivity contribution in [1.29, 1.82) is 5.41 Å². The van der Waals surface area contributed by atoms with E-state index in [9.17, 15) is 0 Å². The van der Waals surface area contributed by atoms with Crippen LogP contribution in [0.15, 0.2) is 31.0 Å². The van der Waals surface area contributed by atoms with E-state index >= 15 is 0 Å². The highest BCUT2D eigenvalue weighted by Crippen LogP contribution is 1.85. The van der Waals surface area contributed by atoms with Gasteiger partial charge < -0.3 is 5.73 Å². The van der Waals surface area contributed by atoms with Gasteiger partial charge in [-0.05, 0) is 12.1 Å². The van der Waals surface area contributed by atoms with Crippen molar-refractivity contribution >= 4 is 5.82 Å². The van der Waals surface area contributed by atoms with Crippen LogP contribution in [0.4, 0.5) is 0 Å². The molecule has 0 fully saturated rings. The van der Waals surface area contributed by atoms with Crippen LogP contribution in [0.2, 0.25) is 0 Å². The lowest BCUT2D eigenvalue weighted by atomic mass is 10.5. The van der Waals surface area contributed by atoms with Crippen LogP contribution in [0.25, 0.3) is 5.82 Å². The summed E-state index contributed by atoms with van der Waals surface area (Å²) in [5.41, 5.74) is 5.71. The third-order valence-electron chi connectivity index (χ3n) is 1.17. The molecule has 0 amide bonds. The molecule has 3 N–H and O–H groups in total. The van der Waals surface area contributed by atoms with E-state index < -0.39 is 0 Å². The fourth-order valence-electron chi connectivity index (χ4n) is 0.694. The van der Waals surface area contributed by atoms with E-state index in [2.05, 4.69) is 6.58 Å². The Balaban J connectivity index is 3.29. The zero-order valence-corrected chi connectivity index (χ0v) is 5.54. The molecule has 0 saturated heterocycles. The molecule has 1 heterocycles. The largest absolute Gasteiger partial charge is 0.385 e. The summed E-state index contributed by atoms with van der Waals surface area (Å²) in [6.07, 6.45) is 1.70. The Morgan fingerprint density at radius 1 is 1.60 bits per heavy atom. The number of aromatic nitrogens is 1. The minimum absolute atomic E-state index is 0.343. The normalized spacial score (nSPS) is 9.20. The van der Waals surface area contributed by atoms with Gasteiger partial charge in [0.25, 0.3) is 0 Å². The summed E-state index contributed by atoms with van der Waals surface area (Å²) >= 11 is 0. The molecule has 0 radical (unpaired) electrons. The average Bonchev–Trinajstić information content (AvgIpc) is 1.88. The first-order chi connectivity index (χ1) is 4.72. The SMILES string of the molecule is C=C(N)n1ccccc1=N. The molecule has 0 atom stereocenters. The van der Waals surface area contributed by atoms with Gasteiger partial charge >= 0.3 is 0 Å². The van der Waals surface area contributed by atoms with Crippen LogP contribution in [0.3, 0.4) is 0 Å². The van der Waals surface area contributed by atoms with Crippen LogP contribution in [-0.2, 0) is 0 Å². The van der Waals surface area contributed by atoms with E-state index in [1.54, 1.807) is 24.4 Å². The van der Waals surface area contributed by atoms with Crippen LogP contribution in [0.1, 0.15) is 0 Å². The van der Waals surface area contributed by atoms with Crippen LogP contribution >= 0.6 is 0 Å². The van der Waals surface area contributed by atoms with Gasteiger partial charge in [0.2, 0.25) is 0 Å². The molecular formula is C7H9N3. The molecule has 0 saturated carbocycles. The lowest BCUT2D eigenvalue weighted by Crippen LogP contribution is -2.20. The molecule has 3 nitrogen and oxygen atoms in total. The molecule has 10 heavy (non-hydrogen) atoms. The zero-order valence-electron chi connectivity index (χ0n) is 5.54. The second-order valence-electron chi connectivity index (χ2n) is 1.95. The maximum Gasteiger partial charge on any atom is 0.130 e. The van der Waals surface area contributed by atoms with Gasteiger partial charge in [-0.3, -0.25) is 9.98 Å². The van der Waals surface area contributed by atoms with Gasteiger partial charge in [-0.2, -0.15) is 0 Å². The highest BCUT2D eigenvalue weighted by atomic mass is 15.1. The smallest absolute Gasteiger partial charge is 0.130 e. The van der Waals surface area contributed by atoms with Crippen molar-refractivity contribution in [2.24, 2.45) is 5.73 Å². The molecule has 3 heteroatoms. The quantitative estimate of drug-likeness (QED) is 0.573. The first kappa shape index (κ1) is 6.61. The maximum absolute atomic E-state index is 7.32. The van der Waals surface area contributed by atoms with Crippen molar-refractivity contribution in [3.63, 3.8) is 0 Å². The van der Waals surface area contributed by atoms with Gasteiger partial charge in [0.15, 0.2) is 0 Å². The molecule has 0 aliphatic rings. The number of nitrogens with one attached hydrogen (secondary N) is 1. The third kappa shape index (κ3) is 1.07. The Labute approximate surface area is 58.9 Å². The minimum atomic E-state index is 0.343. The van der Waals surface area contributed by atoms with Gasteiger partial charge in [-0.1, -0.05) is 12.6 Å². The lowest BCUT2D eigenvalue weighted by molar-refractivity contribution is 0.933. The number of pyridine rings is 1. The Morgan fingerprint density at radius 2 is 2.30 bits per heavy atom. The van der Waals surface area contributed by atoms with E-state index in [0.29, 0.717) is 11.3 Å². The van der Waals surface area contributed by atoms with Crippen molar-refractivity contribution < 1.29 is 0 Å². The zero-order chi connectivity index (χ0) is 7.56. The van der Waals surface area contributed by atoms with Crippen molar-refractivity contribution in [1.82, 2.24) is 4.57 Å². The molecule has 1 aromatic heterocycles. The summed E-state index contributed by atoms with van der Waals surface area (Å²) in [6.45, 7) is 3.51. The molecule has 1 rings (SSSR count). The van der Waals surface area contributed by atoms with Crippen LogP contribution in [0, 0.1) is 5.41 Å². The Hall–Kier alpha value is -1.51. The number of nitrogens with two attached hydrogens (primary N) is 1. The highest BCUT2D eigenvalue weighted by Gasteiger charge is 1.87. The maximum atomic E-state index is 7.32. The van der Waals surface area contributed by atoms with Gasteiger partial charge in [0.05, 0.1) is 0 Å². The summed E-state index contributed by atoms with van der Waals surface area (Å²) < 4.78 is 1.50. The van der Waals surface area contributed by atoms with Gasteiger partial charge in [-0.15, -0.1) is 0 Å². The molecule has 0 aromatic carbocycles. The number of rotatable bonds is 1. The summed E-state index contributed by atoms with van der Waals surface area (Å²) in [4.78, 5) is 0. The molecule has 0 aliphatic heterocycles. The summed E-state index contributed by atoms with van der Waals surface area (Å²) in [7, 11) is 0. The van der Waals surface area contributed by atoms with Crippen molar-refractivity contribution in [3.8, 4) is 0 Å². The summed E-state index contributed by atoms with van der Waals surface area (Å²) in [6, 6.07) is 5.23. The predicted octanol–water partition coefficient (Wildman–Crippen LogP) is 0.354. The average molecular weight is 135 g/mol. The van der Waals surface area contributed by atoms with Gasteiger partial charge in [0, 0.05) is 6.20 Å². The summed E-state index contributed by atoms with van der Waals surface area (Å²) in [5, 5.41) is 7.32. The molecule has 0 spiro atoms. The van der Waals surface area contributed by atoms with Crippen molar-refractivity contribution in [2.75, 3.05) is 0 Å². The molecule has 0 bridgehead atoms. The van der Waals surface area contributed by atoms with E-state index in [0.717, 1.165) is 0 Å². The van der Waals surface area contributed by atoms with E-state index in [1.807, 2.05) is 0 Å². The summed E-state index contributed by atoms with van der Waals surface area (Å²) in [5.74, 6) is 0.366. The fourth-order valence-corrected chi connectivity index (χ4v) is 0.694. The molecule has 0 unspecified atom stereocenters. The molecule has 1 aromatic rings. The number of nitrogens with zero attached hydrogens (tertiary/aromatic N) is 1. The third-order valence-corrected chi connectivity index (χ3v) is 1.17. The second kappa shape index (κ2) is 2.39. The van der Waals surface area contributed by atoms with E-state index in [4.69, 9.17) is 11.1 Å². The standard InChI is InChI=1S/C7H9N3/c1-6(8)10-5-3-2-4-7(10)9/h2-5,9H,1,8H2. The monoisotopic (exact) mass is 135 g/mol. The minimum Gasteiger partial charge on any atom is -0.385 e. The first-order valence-corrected chi connectivity index (χ1v) is 2.89. The molecule has 0 aliphatic carbocycles. The fraction of sp³-hybridized carbons (Fsp3) is 0. The lowest BCUT2D eigenvalue weighted by Gasteiger charge is -2.02. The van der Waals surface area contributed by atoms with Crippen LogP contribution in [-0.4, -0.2) is 4.57 Å². The van der Waals surface area contributed by atoms with E-state index in [-0.39, 0.29) is 0 Å². The Morgan fingerprint density at radius 3 is 2.70 bits per heavy atom. The van der Waals surface area contributed by atoms with Crippen molar-refractivity contribution in [2.45, 2.75) is 0 Å². The van der Waals surface area contributed by atoms with Gasteiger partial charge in [0.1, 0.15) is 11.3 Å². The Bertz CT molecular complexity index is 298. The molecular weight excluding hydrogens is 126 g/mol. The topological polar surface area (TPSA) is 54.8 Å². The van der Waals surface area contributed by atoms with Crippen LogP contribution < -0.4 is 11.2 Å². The van der Waals surface area contributed by atoms with E-state index in [1.165, 1.54) is 4.57 Å². The number of hydrogen-bond acceptors (Lipinski definition) is 2. The highest BCUT2D eigenvalue weighted by molar-refractivity contribution is 5.35. The Kier molecular flexibility index (Phi) is 1.58. The number of hydrogen-bond donors (Lipinski definition) is 2. The first-order valence-electron chi connectivity index (χ1n) is 2.89. The molecule has 52 valence electrons. The van der Waals surface area contributed by atoms with Crippen molar-refractivity contribution in [3.05, 3.63) is 36.5 Å². The predicted molar refractivity (Wildman–Crippen MR) is 39.8 cm³/mol. The van der Waals surface area contributed by atoms with Gasteiger partial charge in [-0.25, -0.2) is 0 Å².